The van der Waals surface area contributed by atoms with E-state index in [0.29, 0.717) is 6.04 Å². The molecule has 3 heteroatoms. The summed E-state index contributed by atoms with van der Waals surface area (Å²) in [6, 6.07) is 0.670. The van der Waals surface area contributed by atoms with Crippen molar-refractivity contribution in [2.45, 2.75) is 38.6 Å². The Morgan fingerprint density at radius 1 is 1.33 bits per heavy atom. The standard InChI is InChI=1S/C12H25NOS/c1-11(12-5-8-14-9-6-12)13-7-3-4-10-15-2/h11-13H,3-10H2,1-2H3. The van der Waals surface area contributed by atoms with Crippen LogP contribution in [-0.4, -0.2) is 37.8 Å². The molecule has 0 aromatic heterocycles. The van der Waals surface area contributed by atoms with Crippen LogP contribution in [0.5, 0.6) is 0 Å². The summed E-state index contributed by atoms with van der Waals surface area (Å²) in [5.41, 5.74) is 0. The fourth-order valence-electron chi connectivity index (χ4n) is 2.08. The summed E-state index contributed by atoms with van der Waals surface area (Å²) in [5, 5.41) is 3.65. The van der Waals surface area contributed by atoms with Crippen LogP contribution in [0.2, 0.25) is 0 Å². The van der Waals surface area contributed by atoms with Crippen molar-refractivity contribution in [3.05, 3.63) is 0 Å². The zero-order valence-electron chi connectivity index (χ0n) is 10.1. The highest BCUT2D eigenvalue weighted by molar-refractivity contribution is 7.98. The molecule has 2 nitrogen and oxygen atoms in total. The van der Waals surface area contributed by atoms with E-state index in [4.69, 9.17) is 4.74 Å². The third-order valence-electron chi connectivity index (χ3n) is 3.21. The normalized spacial score (nSPS) is 20.4. The number of hydrogen-bond donors (Lipinski definition) is 1. The Balaban J connectivity index is 1.99. The third kappa shape index (κ3) is 5.79. The molecule has 15 heavy (non-hydrogen) atoms. The third-order valence-corrected chi connectivity index (χ3v) is 3.91. The van der Waals surface area contributed by atoms with Crippen LogP contribution in [0, 0.1) is 5.92 Å². The SMILES string of the molecule is CSCCCCNC(C)C1CCOCC1. The lowest BCUT2D eigenvalue weighted by molar-refractivity contribution is 0.0560. The first-order chi connectivity index (χ1) is 7.34. The van der Waals surface area contributed by atoms with Crippen LogP contribution in [0.1, 0.15) is 32.6 Å². The van der Waals surface area contributed by atoms with Crippen molar-refractivity contribution < 1.29 is 4.74 Å². The minimum atomic E-state index is 0.670. The molecule has 1 heterocycles. The lowest BCUT2D eigenvalue weighted by atomic mass is 9.93. The zero-order valence-corrected chi connectivity index (χ0v) is 10.9. The van der Waals surface area contributed by atoms with Crippen molar-refractivity contribution in [2.75, 3.05) is 31.8 Å². The zero-order chi connectivity index (χ0) is 10.9. The van der Waals surface area contributed by atoms with Crippen molar-refractivity contribution in [1.29, 1.82) is 0 Å². The molecule has 0 amide bonds. The van der Waals surface area contributed by atoms with E-state index in [1.807, 2.05) is 11.8 Å². The van der Waals surface area contributed by atoms with Crippen LogP contribution in [0.15, 0.2) is 0 Å². The average molecular weight is 231 g/mol. The molecule has 0 bridgehead atoms. The molecule has 1 saturated heterocycles. The van der Waals surface area contributed by atoms with Crippen molar-refractivity contribution >= 4 is 11.8 Å². The van der Waals surface area contributed by atoms with Crippen LogP contribution in [0.4, 0.5) is 0 Å². The highest BCUT2D eigenvalue weighted by Gasteiger charge is 2.19. The van der Waals surface area contributed by atoms with Crippen LogP contribution in [0.3, 0.4) is 0 Å². The maximum absolute atomic E-state index is 5.38. The second-order valence-electron chi connectivity index (χ2n) is 4.39. The summed E-state index contributed by atoms with van der Waals surface area (Å²) in [6.45, 7) is 5.43. The summed E-state index contributed by atoms with van der Waals surface area (Å²) in [7, 11) is 0. The number of thioether (sulfide) groups is 1. The second kappa shape index (κ2) is 8.43. The Morgan fingerprint density at radius 2 is 2.07 bits per heavy atom. The fourth-order valence-corrected chi connectivity index (χ4v) is 2.58. The van der Waals surface area contributed by atoms with Gasteiger partial charge in [-0.1, -0.05) is 0 Å². The molecule has 90 valence electrons. The van der Waals surface area contributed by atoms with Gasteiger partial charge in [-0.05, 0) is 57.1 Å². The molecule has 0 saturated carbocycles. The van der Waals surface area contributed by atoms with Crippen LogP contribution in [0.25, 0.3) is 0 Å². The van der Waals surface area contributed by atoms with Crippen LogP contribution < -0.4 is 5.32 Å². The van der Waals surface area contributed by atoms with Gasteiger partial charge in [-0.3, -0.25) is 0 Å². The average Bonchev–Trinajstić information content (AvgIpc) is 2.30. The maximum Gasteiger partial charge on any atom is 0.0469 e. The minimum Gasteiger partial charge on any atom is -0.381 e. The van der Waals surface area contributed by atoms with E-state index >= 15 is 0 Å². The molecule has 1 aliphatic heterocycles. The van der Waals surface area contributed by atoms with E-state index in [2.05, 4.69) is 18.5 Å². The number of rotatable bonds is 7. The van der Waals surface area contributed by atoms with Gasteiger partial charge in [0.2, 0.25) is 0 Å². The minimum absolute atomic E-state index is 0.670. The Labute approximate surface area is 98.5 Å². The van der Waals surface area contributed by atoms with Gasteiger partial charge < -0.3 is 10.1 Å². The lowest BCUT2D eigenvalue weighted by Gasteiger charge is -2.28. The summed E-state index contributed by atoms with van der Waals surface area (Å²) in [5.74, 6) is 2.13. The molecular weight excluding hydrogens is 206 g/mol. The van der Waals surface area contributed by atoms with E-state index in [9.17, 15) is 0 Å². The van der Waals surface area contributed by atoms with Crippen molar-refractivity contribution in [3.8, 4) is 0 Å². The molecule has 0 aliphatic carbocycles. The number of nitrogens with one attached hydrogen (secondary N) is 1. The fraction of sp³-hybridized carbons (Fsp3) is 1.00. The number of unbranched alkanes of at least 4 members (excludes halogenated alkanes) is 1. The van der Waals surface area contributed by atoms with Crippen molar-refractivity contribution in [2.24, 2.45) is 5.92 Å². The smallest absolute Gasteiger partial charge is 0.0469 e. The Hall–Kier alpha value is 0.270. The summed E-state index contributed by atoms with van der Waals surface area (Å²) in [4.78, 5) is 0. The monoisotopic (exact) mass is 231 g/mol. The van der Waals surface area contributed by atoms with Gasteiger partial charge in [-0.2, -0.15) is 11.8 Å². The summed E-state index contributed by atoms with van der Waals surface area (Å²) in [6.07, 6.45) is 7.30. The van der Waals surface area contributed by atoms with Crippen molar-refractivity contribution in [1.82, 2.24) is 5.32 Å². The van der Waals surface area contributed by atoms with Gasteiger partial charge in [0.15, 0.2) is 0 Å². The van der Waals surface area contributed by atoms with Gasteiger partial charge in [-0.15, -0.1) is 0 Å². The molecule has 0 spiro atoms. The maximum atomic E-state index is 5.38. The summed E-state index contributed by atoms with van der Waals surface area (Å²) >= 11 is 1.94. The Morgan fingerprint density at radius 3 is 2.73 bits per heavy atom. The molecular formula is C12H25NOS. The molecule has 1 atom stereocenters. The molecule has 1 rings (SSSR count). The second-order valence-corrected chi connectivity index (χ2v) is 5.38. The molecule has 0 aromatic rings. The Bertz CT molecular complexity index is 149. The number of hydrogen-bond acceptors (Lipinski definition) is 3. The molecule has 1 N–H and O–H groups in total. The van der Waals surface area contributed by atoms with Gasteiger partial charge in [0, 0.05) is 19.3 Å². The molecule has 0 radical (unpaired) electrons. The van der Waals surface area contributed by atoms with Crippen molar-refractivity contribution in [3.63, 3.8) is 0 Å². The predicted octanol–water partition coefficient (Wildman–Crippen LogP) is 2.53. The Kier molecular flexibility index (Phi) is 7.49. The predicted molar refractivity (Wildman–Crippen MR) is 68.6 cm³/mol. The molecule has 1 fully saturated rings. The molecule has 1 unspecified atom stereocenters. The first kappa shape index (κ1) is 13.3. The van der Waals surface area contributed by atoms with Crippen LogP contribution in [-0.2, 0) is 4.74 Å². The first-order valence-electron chi connectivity index (χ1n) is 6.14. The topological polar surface area (TPSA) is 21.3 Å². The largest absolute Gasteiger partial charge is 0.381 e. The molecule has 1 aliphatic rings. The van der Waals surface area contributed by atoms with E-state index in [-0.39, 0.29) is 0 Å². The highest BCUT2D eigenvalue weighted by atomic mass is 32.2. The van der Waals surface area contributed by atoms with Gasteiger partial charge in [-0.25, -0.2) is 0 Å². The molecule has 0 aromatic carbocycles. The van der Waals surface area contributed by atoms with Crippen LogP contribution >= 0.6 is 11.8 Å². The first-order valence-corrected chi connectivity index (χ1v) is 7.54. The van der Waals surface area contributed by atoms with E-state index in [0.717, 1.165) is 19.1 Å². The number of ether oxygens (including phenoxy) is 1. The summed E-state index contributed by atoms with van der Waals surface area (Å²) < 4.78 is 5.38. The van der Waals surface area contributed by atoms with Gasteiger partial charge in [0.1, 0.15) is 0 Å². The van der Waals surface area contributed by atoms with Gasteiger partial charge in [0.25, 0.3) is 0 Å². The van der Waals surface area contributed by atoms with E-state index < -0.39 is 0 Å². The van der Waals surface area contributed by atoms with Gasteiger partial charge >= 0.3 is 0 Å². The highest BCUT2D eigenvalue weighted by Crippen LogP contribution is 2.18. The quantitative estimate of drug-likeness (QED) is 0.680. The van der Waals surface area contributed by atoms with Gasteiger partial charge in [0.05, 0.1) is 0 Å². The lowest BCUT2D eigenvalue weighted by Crippen LogP contribution is -2.37. The van der Waals surface area contributed by atoms with E-state index in [1.54, 1.807) is 0 Å². The van der Waals surface area contributed by atoms with E-state index in [1.165, 1.54) is 38.0 Å².